The standard InChI is InChI=1S/C12H15BrClNO2/c1-3-11(12(16)17-2)15-7-8-4-5-9(13)6-10(8)14/h4-6,11,15H,3,7H2,1-2H3. The Labute approximate surface area is 115 Å². The Morgan fingerprint density at radius 1 is 1.59 bits per heavy atom. The molecule has 0 aliphatic rings. The molecule has 0 heterocycles. The number of methoxy groups -OCH3 is 1. The number of halogens is 2. The largest absolute Gasteiger partial charge is 0.468 e. The topological polar surface area (TPSA) is 38.3 Å². The predicted molar refractivity (Wildman–Crippen MR) is 72.1 cm³/mol. The second kappa shape index (κ2) is 6.99. The highest BCUT2D eigenvalue weighted by atomic mass is 79.9. The van der Waals surface area contributed by atoms with E-state index in [0.717, 1.165) is 10.0 Å². The first-order chi connectivity index (χ1) is 8.08. The zero-order valence-corrected chi connectivity index (χ0v) is 12.1. The Balaban J connectivity index is 2.62. The highest BCUT2D eigenvalue weighted by Gasteiger charge is 2.16. The van der Waals surface area contributed by atoms with E-state index in [1.807, 2.05) is 25.1 Å². The maximum atomic E-state index is 11.4. The molecule has 0 aliphatic carbocycles. The lowest BCUT2D eigenvalue weighted by Crippen LogP contribution is -2.36. The Morgan fingerprint density at radius 2 is 2.29 bits per heavy atom. The summed E-state index contributed by atoms with van der Waals surface area (Å²) in [7, 11) is 1.39. The van der Waals surface area contributed by atoms with Crippen molar-refractivity contribution in [3.63, 3.8) is 0 Å². The Kier molecular flexibility index (Phi) is 5.95. The van der Waals surface area contributed by atoms with Gasteiger partial charge in [-0.2, -0.15) is 0 Å². The molecule has 94 valence electrons. The summed E-state index contributed by atoms with van der Waals surface area (Å²) in [6.45, 7) is 2.47. The van der Waals surface area contributed by atoms with Gasteiger partial charge in [-0.05, 0) is 24.1 Å². The zero-order chi connectivity index (χ0) is 12.8. The van der Waals surface area contributed by atoms with Gasteiger partial charge in [0.1, 0.15) is 6.04 Å². The van der Waals surface area contributed by atoms with E-state index in [-0.39, 0.29) is 12.0 Å². The van der Waals surface area contributed by atoms with Crippen LogP contribution in [0.5, 0.6) is 0 Å². The number of ether oxygens (including phenoxy) is 1. The molecule has 1 aromatic rings. The van der Waals surface area contributed by atoms with Gasteiger partial charge in [0.05, 0.1) is 7.11 Å². The smallest absolute Gasteiger partial charge is 0.322 e. The molecule has 0 bridgehead atoms. The van der Waals surface area contributed by atoms with E-state index >= 15 is 0 Å². The number of hydrogen-bond acceptors (Lipinski definition) is 3. The van der Waals surface area contributed by atoms with Gasteiger partial charge in [0, 0.05) is 16.0 Å². The number of nitrogens with one attached hydrogen (secondary N) is 1. The number of hydrogen-bond donors (Lipinski definition) is 1. The SMILES string of the molecule is CCC(NCc1ccc(Br)cc1Cl)C(=O)OC. The fraction of sp³-hybridized carbons (Fsp3) is 0.417. The lowest BCUT2D eigenvalue weighted by atomic mass is 10.2. The second-order valence-corrected chi connectivity index (χ2v) is 4.92. The van der Waals surface area contributed by atoms with Gasteiger partial charge < -0.3 is 10.1 Å². The molecular formula is C12H15BrClNO2. The van der Waals surface area contributed by atoms with Crippen molar-refractivity contribution in [3.05, 3.63) is 33.3 Å². The zero-order valence-electron chi connectivity index (χ0n) is 9.80. The van der Waals surface area contributed by atoms with Crippen molar-refractivity contribution in [2.24, 2.45) is 0 Å². The molecule has 1 unspecified atom stereocenters. The van der Waals surface area contributed by atoms with Crippen molar-refractivity contribution in [3.8, 4) is 0 Å². The van der Waals surface area contributed by atoms with Crippen LogP contribution in [0.25, 0.3) is 0 Å². The van der Waals surface area contributed by atoms with Crippen LogP contribution in [-0.2, 0) is 16.1 Å². The molecule has 17 heavy (non-hydrogen) atoms. The molecule has 5 heteroatoms. The fourth-order valence-corrected chi connectivity index (χ4v) is 2.18. The molecule has 0 aromatic heterocycles. The number of carbonyl (C=O) groups is 1. The number of carbonyl (C=O) groups excluding carboxylic acids is 1. The summed E-state index contributed by atoms with van der Waals surface area (Å²) >= 11 is 9.43. The molecule has 0 fully saturated rings. The van der Waals surface area contributed by atoms with Crippen molar-refractivity contribution in [2.75, 3.05) is 7.11 Å². The van der Waals surface area contributed by atoms with Crippen LogP contribution >= 0.6 is 27.5 Å². The molecule has 1 rings (SSSR count). The Morgan fingerprint density at radius 3 is 2.82 bits per heavy atom. The van der Waals surface area contributed by atoms with Gasteiger partial charge in [-0.15, -0.1) is 0 Å². The Hall–Kier alpha value is -0.580. The molecule has 1 atom stereocenters. The predicted octanol–water partition coefficient (Wildman–Crippen LogP) is 3.14. The lowest BCUT2D eigenvalue weighted by Gasteiger charge is -2.15. The summed E-state index contributed by atoms with van der Waals surface area (Å²) in [5.74, 6) is -0.249. The number of benzene rings is 1. The van der Waals surface area contributed by atoms with Crippen LogP contribution in [0.15, 0.2) is 22.7 Å². The summed E-state index contributed by atoms with van der Waals surface area (Å²) < 4.78 is 5.64. The monoisotopic (exact) mass is 319 g/mol. The minimum Gasteiger partial charge on any atom is -0.468 e. The van der Waals surface area contributed by atoms with Crippen LogP contribution in [-0.4, -0.2) is 19.1 Å². The first kappa shape index (κ1) is 14.5. The van der Waals surface area contributed by atoms with Crippen LogP contribution in [0, 0.1) is 0 Å². The average Bonchev–Trinajstić information content (AvgIpc) is 2.31. The second-order valence-electron chi connectivity index (χ2n) is 3.60. The summed E-state index contributed by atoms with van der Waals surface area (Å²) in [5, 5.41) is 3.80. The molecule has 0 amide bonds. The van der Waals surface area contributed by atoms with Crippen LogP contribution < -0.4 is 5.32 Å². The molecule has 0 spiro atoms. The van der Waals surface area contributed by atoms with Crippen LogP contribution in [0.1, 0.15) is 18.9 Å². The van der Waals surface area contributed by atoms with Crippen LogP contribution in [0.3, 0.4) is 0 Å². The lowest BCUT2D eigenvalue weighted by molar-refractivity contribution is -0.143. The third-order valence-electron chi connectivity index (χ3n) is 2.45. The first-order valence-corrected chi connectivity index (χ1v) is 6.50. The summed E-state index contributed by atoms with van der Waals surface area (Å²) in [6, 6.07) is 5.38. The van der Waals surface area contributed by atoms with E-state index in [4.69, 9.17) is 16.3 Å². The molecule has 1 aromatic carbocycles. The van der Waals surface area contributed by atoms with Crippen molar-refractivity contribution in [2.45, 2.75) is 25.9 Å². The van der Waals surface area contributed by atoms with Gasteiger partial charge in [-0.25, -0.2) is 0 Å². The van der Waals surface area contributed by atoms with Gasteiger partial charge >= 0.3 is 5.97 Å². The molecular weight excluding hydrogens is 305 g/mol. The summed E-state index contributed by atoms with van der Waals surface area (Å²) in [5.41, 5.74) is 0.956. The Bertz CT molecular complexity index is 398. The highest BCUT2D eigenvalue weighted by Crippen LogP contribution is 2.21. The third kappa shape index (κ3) is 4.30. The fourth-order valence-electron chi connectivity index (χ4n) is 1.43. The molecule has 0 aliphatic heterocycles. The highest BCUT2D eigenvalue weighted by molar-refractivity contribution is 9.10. The van der Waals surface area contributed by atoms with Gasteiger partial charge in [-0.1, -0.05) is 40.5 Å². The van der Waals surface area contributed by atoms with Crippen molar-refractivity contribution in [1.82, 2.24) is 5.32 Å². The molecule has 0 saturated heterocycles. The van der Waals surface area contributed by atoms with E-state index in [9.17, 15) is 4.79 Å². The first-order valence-electron chi connectivity index (χ1n) is 5.33. The van der Waals surface area contributed by atoms with E-state index < -0.39 is 0 Å². The van der Waals surface area contributed by atoms with E-state index in [0.29, 0.717) is 18.0 Å². The van der Waals surface area contributed by atoms with Gasteiger partial charge in [0.2, 0.25) is 0 Å². The van der Waals surface area contributed by atoms with Crippen molar-refractivity contribution >= 4 is 33.5 Å². The molecule has 3 nitrogen and oxygen atoms in total. The number of rotatable bonds is 5. The van der Waals surface area contributed by atoms with E-state index in [1.54, 1.807) is 0 Å². The van der Waals surface area contributed by atoms with E-state index in [2.05, 4.69) is 21.2 Å². The van der Waals surface area contributed by atoms with Gasteiger partial charge in [0.25, 0.3) is 0 Å². The summed E-state index contributed by atoms with van der Waals surface area (Å²) in [6.07, 6.45) is 0.681. The summed E-state index contributed by atoms with van der Waals surface area (Å²) in [4.78, 5) is 11.4. The van der Waals surface area contributed by atoms with Gasteiger partial charge in [0.15, 0.2) is 0 Å². The average molecular weight is 321 g/mol. The minimum absolute atomic E-state index is 0.249. The van der Waals surface area contributed by atoms with Crippen LogP contribution in [0.4, 0.5) is 0 Å². The van der Waals surface area contributed by atoms with Crippen molar-refractivity contribution in [1.29, 1.82) is 0 Å². The molecule has 0 saturated carbocycles. The quantitative estimate of drug-likeness (QED) is 0.847. The maximum Gasteiger partial charge on any atom is 0.322 e. The molecule has 0 radical (unpaired) electrons. The van der Waals surface area contributed by atoms with Crippen molar-refractivity contribution < 1.29 is 9.53 Å². The third-order valence-corrected chi connectivity index (χ3v) is 3.29. The van der Waals surface area contributed by atoms with Gasteiger partial charge in [-0.3, -0.25) is 4.79 Å². The van der Waals surface area contributed by atoms with E-state index in [1.165, 1.54) is 7.11 Å². The molecule has 1 N–H and O–H groups in total. The maximum absolute atomic E-state index is 11.4. The minimum atomic E-state index is -0.292. The normalized spacial score (nSPS) is 12.2. The van der Waals surface area contributed by atoms with Crippen LogP contribution in [0.2, 0.25) is 5.02 Å². The number of esters is 1.